The second kappa shape index (κ2) is 38.0. The van der Waals surface area contributed by atoms with E-state index in [9.17, 15) is 14.7 Å². The van der Waals surface area contributed by atoms with E-state index in [1.54, 1.807) is 0 Å². The summed E-state index contributed by atoms with van der Waals surface area (Å²) in [5.41, 5.74) is 0. The first-order chi connectivity index (χ1) is 23.6. The van der Waals surface area contributed by atoms with Gasteiger partial charge in [-0.3, -0.25) is 9.59 Å². The van der Waals surface area contributed by atoms with Crippen LogP contribution in [0.5, 0.6) is 0 Å². The van der Waals surface area contributed by atoms with E-state index in [0.717, 1.165) is 64.2 Å². The Bertz CT molecular complexity index is 1020. The molecule has 0 aliphatic carbocycles. The lowest BCUT2D eigenvalue weighted by Gasteiger charge is -2.15. The number of ether oxygens (including phenoxy) is 2. The highest BCUT2D eigenvalue weighted by molar-refractivity contribution is 5.70. The number of allylic oxidation sites excluding steroid dienone is 18. The van der Waals surface area contributed by atoms with Gasteiger partial charge in [-0.05, 0) is 89.9 Å². The fourth-order valence-corrected chi connectivity index (χ4v) is 4.29. The average Bonchev–Trinajstić information content (AvgIpc) is 3.09. The van der Waals surface area contributed by atoms with E-state index in [1.165, 1.54) is 25.7 Å². The van der Waals surface area contributed by atoms with Crippen molar-refractivity contribution in [3.05, 3.63) is 109 Å². The molecule has 0 radical (unpaired) electrons. The van der Waals surface area contributed by atoms with E-state index in [-0.39, 0.29) is 38.0 Å². The Labute approximate surface area is 293 Å². The molecule has 0 rings (SSSR count). The van der Waals surface area contributed by atoms with Crippen LogP contribution in [0.4, 0.5) is 0 Å². The highest BCUT2D eigenvalue weighted by atomic mass is 16.6. The van der Waals surface area contributed by atoms with Crippen molar-refractivity contribution in [2.24, 2.45) is 0 Å². The molecular formula is C43H66O5. The van der Waals surface area contributed by atoms with Gasteiger partial charge in [0.2, 0.25) is 0 Å². The van der Waals surface area contributed by atoms with Crippen molar-refractivity contribution >= 4 is 11.9 Å². The van der Waals surface area contributed by atoms with Crippen molar-refractivity contribution in [3.63, 3.8) is 0 Å². The summed E-state index contributed by atoms with van der Waals surface area (Å²) in [5, 5.41) is 9.52. The monoisotopic (exact) mass is 662 g/mol. The predicted molar refractivity (Wildman–Crippen MR) is 205 cm³/mol. The number of unbranched alkanes of at least 4 members (excludes halogenated alkanes) is 5. The molecule has 0 aliphatic heterocycles. The van der Waals surface area contributed by atoms with E-state index in [2.05, 4.69) is 111 Å². The molecule has 1 N–H and O–H groups in total. The fourth-order valence-electron chi connectivity index (χ4n) is 4.29. The SMILES string of the molecule is CCC=CCC=CCC=CCC=CCC=CCC=CCCC(=O)OCC(CO)OC(=O)CCCCC=CCC=CCC=CCCCCC. The maximum Gasteiger partial charge on any atom is 0.306 e. The summed E-state index contributed by atoms with van der Waals surface area (Å²) < 4.78 is 10.5. The standard InChI is InChI=1S/C43H66O5/c1-3-5-7-9-11-13-15-17-19-20-21-22-24-25-27-29-31-33-35-37-42(45)47-40-41(39-44)48-43(46)38-36-34-32-30-28-26-23-18-16-14-12-10-8-6-4-2/h5,7,11-14,17-19,21-23,25,27-28,30-31,33,41,44H,3-4,6,8-10,15-16,20,24,26,29,32,34-40H2,1-2H3. The summed E-state index contributed by atoms with van der Waals surface area (Å²) in [4.78, 5) is 24.2. The van der Waals surface area contributed by atoms with Gasteiger partial charge in [0.05, 0.1) is 6.61 Å². The lowest BCUT2D eigenvalue weighted by Crippen LogP contribution is -2.28. The smallest absolute Gasteiger partial charge is 0.306 e. The Morgan fingerprint density at radius 3 is 1.35 bits per heavy atom. The number of aliphatic hydroxyl groups excluding tert-OH is 1. The van der Waals surface area contributed by atoms with Crippen LogP contribution in [0.1, 0.15) is 129 Å². The Kier molecular flexibility index (Phi) is 35.3. The zero-order valence-corrected chi connectivity index (χ0v) is 30.2. The van der Waals surface area contributed by atoms with Gasteiger partial charge >= 0.3 is 11.9 Å². The van der Waals surface area contributed by atoms with Crippen molar-refractivity contribution in [1.82, 2.24) is 0 Å². The van der Waals surface area contributed by atoms with Crippen LogP contribution in [0.15, 0.2) is 109 Å². The van der Waals surface area contributed by atoms with Gasteiger partial charge in [-0.25, -0.2) is 0 Å². The van der Waals surface area contributed by atoms with Crippen LogP contribution in [0.3, 0.4) is 0 Å². The third-order valence-electron chi connectivity index (χ3n) is 7.06. The highest BCUT2D eigenvalue weighted by Gasteiger charge is 2.15. The van der Waals surface area contributed by atoms with E-state index in [4.69, 9.17) is 9.47 Å². The minimum absolute atomic E-state index is 0.129. The number of carbonyl (C=O) groups is 2. The van der Waals surface area contributed by atoms with Crippen LogP contribution in [0, 0.1) is 0 Å². The first-order valence-corrected chi connectivity index (χ1v) is 18.4. The molecule has 0 amide bonds. The third kappa shape index (κ3) is 35.4. The number of esters is 2. The number of hydrogen-bond donors (Lipinski definition) is 1. The molecule has 0 aromatic heterocycles. The van der Waals surface area contributed by atoms with E-state index in [1.807, 2.05) is 12.2 Å². The number of aliphatic hydroxyl groups is 1. The summed E-state index contributed by atoms with van der Waals surface area (Å²) in [7, 11) is 0. The molecule has 0 bridgehead atoms. The Morgan fingerprint density at radius 2 is 0.917 bits per heavy atom. The van der Waals surface area contributed by atoms with Gasteiger partial charge in [0.1, 0.15) is 6.61 Å². The second-order valence-electron chi connectivity index (χ2n) is 11.6. The van der Waals surface area contributed by atoms with Crippen LogP contribution in [0.2, 0.25) is 0 Å². The van der Waals surface area contributed by atoms with Crippen LogP contribution in [-0.4, -0.2) is 36.4 Å². The van der Waals surface area contributed by atoms with Crippen molar-refractivity contribution in [2.45, 2.75) is 136 Å². The first kappa shape index (κ1) is 44.6. The largest absolute Gasteiger partial charge is 0.462 e. The summed E-state index contributed by atoms with van der Waals surface area (Å²) in [6.45, 7) is 3.86. The zero-order valence-electron chi connectivity index (χ0n) is 30.2. The van der Waals surface area contributed by atoms with Gasteiger partial charge in [-0.2, -0.15) is 0 Å². The molecule has 1 unspecified atom stereocenters. The number of hydrogen-bond acceptors (Lipinski definition) is 5. The van der Waals surface area contributed by atoms with E-state index < -0.39 is 6.10 Å². The van der Waals surface area contributed by atoms with Gasteiger partial charge in [0.15, 0.2) is 6.10 Å². The van der Waals surface area contributed by atoms with Gasteiger partial charge in [0.25, 0.3) is 0 Å². The first-order valence-electron chi connectivity index (χ1n) is 18.4. The topological polar surface area (TPSA) is 72.8 Å². The van der Waals surface area contributed by atoms with Crippen molar-refractivity contribution in [2.75, 3.05) is 13.2 Å². The summed E-state index contributed by atoms with van der Waals surface area (Å²) in [6, 6.07) is 0. The summed E-state index contributed by atoms with van der Waals surface area (Å²) in [6.07, 6.45) is 54.4. The van der Waals surface area contributed by atoms with Crippen molar-refractivity contribution in [1.29, 1.82) is 0 Å². The molecule has 0 aromatic carbocycles. The van der Waals surface area contributed by atoms with E-state index >= 15 is 0 Å². The van der Waals surface area contributed by atoms with Gasteiger partial charge < -0.3 is 14.6 Å². The zero-order chi connectivity index (χ0) is 35.0. The summed E-state index contributed by atoms with van der Waals surface area (Å²) >= 11 is 0. The predicted octanol–water partition coefficient (Wildman–Crippen LogP) is 11.5. The maximum atomic E-state index is 12.1. The van der Waals surface area contributed by atoms with Crippen LogP contribution >= 0.6 is 0 Å². The van der Waals surface area contributed by atoms with Crippen LogP contribution < -0.4 is 0 Å². The number of rotatable bonds is 31. The molecule has 0 heterocycles. The van der Waals surface area contributed by atoms with E-state index in [0.29, 0.717) is 12.8 Å². The van der Waals surface area contributed by atoms with Gasteiger partial charge in [-0.15, -0.1) is 0 Å². The fraction of sp³-hybridized carbons (Fsp3) is 0.535. The van der Waals surface area contributed by atoms with Crippen molar-refractivity contribution in [3.8, 4) is 0 Å². The molecule has 0 spiro atoms. The van der Waals surface area contributed by atoms with Crippen LogP contribution in [-0.2, 0) is 19.1 Å². The molecular weight excluding hydrogens is 596 g/mol. The molecule has 0 saturated heterocycles. The Hall–Kier alpha value is -3.44. The lowest BCUT2D eigenvalue weighted by atomic mass is 10.1. The minimum Gasteiger partial charge on any atom is -0.462 e. The molecule has 0 aliphatic rings. The highest BCUT2D eigenvalue weighted by Crippen LogP contribution is 2.07. The molecule has 5 heteroatoms. The van der Waals surface area contributed by atoms with Gasteiger partial charge in [0, 0.05) is 12.8 Å². The third-order valence-corrected chi connectivity index (χ3v) is 7.06. The average molecular weight is 663 g/mol. The minimum atomic E-state index is -0.829. The number of carbonyl (C=O) groups excluding carboxylic acids is 2. The quantitative estimate of drug-likeness (QED) is 0.0454. The second-order valence-corrected chi connectivity index (χ2v) is 11.6. The maximum absolute atomic E-state index is 12.1. The van der Waals surface area contributed by atoms with Crippen LogP contribution in [0.25, 0.3) is 0 Å². The Morgan fingerprint density at radius 1 is 0.500 bits per heavy atom. The van der Waals surface area contributed by atoms with Crippen molar-refractivity contribution < 1.29 is 24.2 Å². The molecule has 5 nitrogen and oxygen atoms in total. The molecule has 0 fully saturated rings. The molecule has 1 atom stereocenters. The molecule has 0 aromatic rings. The molecule has 0 saturated carbocycles. The molecule has 48 heavy (non-hydrogen) atoms. The Balaban J connectivity index is 3.82. The summed E-state index contributed by atoms with van der Waals surface area (Å²) in [5.74, 6) is -0.748. The normalized spacial score (nSPS) is 13.5. The van der Waals surface area contributed by atoms with Gasteiger partial charge in [-0.1, -0.05) is 136 Å². The molecule has 268 valence electrons. The lowest BCUT2D eigenvalue weighted by molar-refractivity contribution is -0.161.